The van der Waals surface area contributed by atoms with Gasteiger partial charge in [-0.15, -0.1) is 5.10 Å². The third kappa shape index (κ3) is 2.74. The maximum atomic E-state index is 12.2. The smallest absolute Gasteiger partial charge is 0.346 e. The fraction of sp³-hybridized carbons (Fsp3) is 0.462. The molecular formula is C13H16N6O4. The van der Waals surface area contributed by atoms with Crippen molar-refractivity contribution in [2.24, 2.45) is 0 Å². The summed E-state index contributed by atoms with van der Waals surface area (Å²) in [5, 5.41) is 10.1. The zero-order valence-corrected chi connectivity index (χ0v) is 12.8. The molecule has 0 saturated heterocycles. The highest BCUT2D eigenvalue weighted by molar-refractivity contribution is 5.91. The van der Waals surface area contributed by atoms with Gasteiger partial charge in [0.2, 0.25) is 11.7 Å². The molecule has 0 spiro atoms. The Morgan fingerprint density at radius 2 is 2.17 bits per heavy atom. The highest BCUT2D eigenvalue weighted by atomic mass is 16.5. The Kier molecular flexibility index (Phi) is 3.72. The van der Waals surface area contributed by atoms with Gasteiger partial charge in [0.15, 0.2) is 5.82 Å². The van der Waals surface area contributed by atoms with Gasteiger partial charge < -0.3 is 14.7 Å². The molecular weight excluding hydrogens is 304 g/mol. The van der Waals surface area contributed by atoms with Crippen molar-refractivity contribution in [1.82, 2.24) is 24.4 Å². The normalized spacial score (nSPS) is 14.0. The number of rotatable bonds is 4. The van der Waals surface area contributed by atoms with Gasteiger partial charge in [0.1, 0.15) is 12.3 Å². The predicted octanol–water partition coefficient (Wildman–Crippen LogP) is -0.544. The number of carbonyl (C=O) groups excluding carboxylic acids is 2. The van der Waals surface area contributed by atoms with Crippen LogP contribution in [0.15, 0.2) is 15.4 Å². The van der Waals surface area contributed by atoms with E-state index in [0.717, 1.165) is 4.68 Å². The first-order valence-electron chi connectivity index (χ1n) is 7.19. The molecule has 3 heterocycles. The van der Waals surface area contributed by atoms with Crippen LogP contribution in [-0.4, -0.2) is 49.3 Å². The van der Waals surface area contributed by atoms with Gasteiger partial charge in [-0.3, -0.25) is 14.2 Å². The first-order valence-corrected chi connectivity index (χ1v) is 7.19. The van der Waals surface area contributed by atoms with Crippen molar-refractivity contribution in [1.29, 1.82) is 0 Å². The number of hydrogen-bond acceptors (Lipinski definition) is 6. The number of carbonyl (C=O) groups is 2. The highest BCUT2D eigenvalue weighted by Crippen LogP contribution is 2.09. The van der Waals surface area contributed by atoms with Crippen LogP contribution in [0, 0.1) is 6.92 Å². The number of likely N-dealkylation sites (N-methyl/N-ethyl adjacent to an activating group) is 1. The van der Waals surface area contributed by atoms with Crippen LogP contribution < -0.4 is 11.0 Å². The lowest BCUT2D eigenvalue weighted by molar-refractivity contribution is -0.117. The van der Waals surface area contributed by atoms with Crippen LogP contribution in [0.2, 0.25) is 0 Å². The summed E-state index contributed by atoms with van der Waals surface area (Å²) in [6, 6.07) is 1.56. The van der Waals surface area contributed by atoms with Gasteiger partial charge in [-0.25, -0.2) is 9.48 Å². The monoisotopic (exact) mass is 320 g/mol. The minimum absolute atomic E-state index is 0.0631. The van der Waals surface area contributed by atoms with Crippen LogP contribution in [0.25, 0.3) is 0 Å². The van der Waals surface area contributed by atoms with E-state index in [1.807, 2.05) is 6.92 Å². The molecule has 1 aliphatic rings. The van der Waals surface area contributed by atoms with E-state index in [1.54, 1.807) is 17.9 Å². The van der Waals surface area contributed by atoms with E-state index >= 15 is 0 Å². The summed E-state index contributed by atoms with van der Waals surface area (Å²) in [5.41, 5.74) is -0.476. The molecule has 0 unspecified atom stereocenters. The summed E-state index contributed by atoms with van der Waals surface area (Å²) in [6.07, 6.45) is 0. The number of amides is 2. The largest absolute Gasteiger partial charge is 0.360 e. The molecule has 3 rings (SSSR count). The summed E-state index contributed by atoms with van der Waals surface area (Å²) in [5.74, 6) is 0.101. The number of fused-ring (bicyclic) bond motifs is 1. The van der Waals surface area contributed by atoms with E-state index in [1.165, 1.54) is 4.57 Å². The molecule has 0 bridgehead atoms. The van der Waals surface area contributed by atoms with Crippen LogP contribution in [0.1, 0.15) is 23.3 Å². The Labute approximate surface area is 130 Å². The molecule has 0 aromatic carbocycles. The SMILES string of the molecule is CCN1CCn2c(nn(CC(=O)Nc3cc(C)on3)c2=O)C1=O. The molecule has 0 fully saturated rings. The van der Waals surface area contributed by atoms with Gasteiger partial charge >= 0.3 is 5.69 Å². The number of aromatic nitrogens is 4. The molecule has 0 saturated carbocycles. The van der Waals surface area contributed by atoms with Gasteiger partial charge in [0.05, 0.1) is 0 Å². The molecule has 23 heavy (non-hydrogen) atoms. The molecule has 0 atom stereocenters. The summed E-state index contributed by atoms with van der Waals surface area (Å²) >= 11 is 0. The topological polar surface area (TPSA) is 115 Å². The number of anilines is 1. The lowest BCUT2D eigenvalue weighted by Crippen LogP contribution is -2.42. The van der Waals surface area contributed by atoms with Gasteiger partial charge in [0.25, 0.3) is 5.91 Å². The predicted molar refractivity (Wildman–Crippen MR) is 77.9 cm³/mol. The molecule has 122 valence electrons. The van der Waals surface area contributed by atoms with Gasteiger partial charge in [-0.2, -0.15) is 0 Å². The van der Waals surface area contributed by atoms with Crippen molar-refractivity contribution in [2.45, 2.75) is 26.9 Å². The van der Waals surface area contributed by atoms with Crippen LogP contribution in [0.3, 0.4) is 0 Å². The second kappa shape index (κ2) is 5.71. The summed E-state index contributed by atoms with van der Waals surface area (Å²) in [4.78, 5) is 37.9. The second-order valence-electron chi connectivity index (χ2n) is 5.17. The van der Waals surface area contributed by atoms with Crippen molar-refractivity contribution in [2.75, 3.05) is 18.4 Å². The van der Waals surface area contributed by atoms with E-state index in [9.17, 15) is 14.4 Å². The molecule has 1 aliphatic heterocycles. The van der Waals surface area contributed by atoms with Crippen LogP contribution in [-0.2, 0) is 17.9 Å². The van der Waals surface area contributed by atoms with Crippen molar-refractivity contribution >= 4 is 17.6 Å². The maximum Gasteiger partial charge on any atom is 0.346 e. The molecule has 10 nitrogen and oxygen atoms in total. The Morgan fingerprint density at radius 3 is 2.83 bits per heavy atom. The molecule has 1 N–H and O–H groups in total. The first kappa shape index (κ1) is 15.0. The van der Waals surface area contributed by atoms with E-state index in [-0.39, 0.29) is 24.1 Å². The van der Waals surface area contributed by atoms with Crippen LogP contribution in [0.5, 0.6) is 0 Å². The third-order valence-electron chi connectivity index (χ3n) is 3.57. The first-order chi connectivity index (χ1) is 11.0. The lowest BCUT2D eigenvalue weighted by atomic mass is 10.3. The second-order valence-corrected chi connectivity index (χ2v) is 5.17. The number of hydrogen-bond donors (Lipinski definition) is 1. The highest BCUT2D eigenvalue weighted by Gasteiger charge is 2.29. The van der Waals surface area contributed by atoms with E-state index in [2.05, 4.69) is 15.6 Å². The molecule has 0 aliphatic carbocycles. The molecule has 0 radical (unpaired) electrons. The maximum absolute atomic E-state index is 12.2. The van der Waals surface area contributed by atoms with E-state index < -0.39 is 11.6 Å². The van der Waals surface area contributed by atoms with Gasteiger partial charge in [-0.1, -0.05) is 5.16 Å². The van der Waals surface area contributed by atoms with Gasteiger partial charge in [0, 0.05) is 25.7 Å². The van der Waals surface area contributed by atoms with Crippen molar-refractivity contribution in [3.63, 3.8) is 0 Å². The number of aryl methyl sites for hydroxylation is 1. The Hall–Kier alpha value is -2.91. The zero-order valence-electron chi connectivity index (χ0n) is 12.8. The Bertz CT molecular complexity index is 817. The van der Waals surface area contributed by atoms with Crippen LogP contribution in [0.4, 0.5) is 5.82 Å². The summed E-state index contributed by atoms with van der Waals surface area (Å²) < 4.78 is 7.12. The molecule has 2 aromatic heterocycles. The van der Waals surface area contributed by atoms with E-state index in [4.69, 9.17) is 4.52 Å². The summed E-state index contributed by atoms with van der Waals surface area (Å²) in [7, 11) is 0. The fourth-order valence-electron chi connectivity index (χ4n) is 2.41. The number of nitrogens with one attached hydrogen (secondary N) is 1. The molecule has 10 heteroatoms. The molecule has 2 amide bonds. The quantitative estimate of drug-likeness (QED) is 0.808. The lowest BCUT2D eigenvalue weighted by Gasteiger charge is -2.24. The minimum Gasteiger partial charge on any atom is -0.360 e. The molecule has 2 aromatic rings. The van der Waals surface area contributed by atoms with E-state index in [0.29, 0.717) is 25.4 Å². The standard InChI is InChI=1S/C13H16N6O4/c1-3-17-4-5-18-11(12(17)21)15-19(13(18)22)7-10(20)14-9-6-8(2)23-16-9/h6H,3-5,7H2,1-2H3,(H,14,16,20). The minimum atomic E-state index is -0.476. The average molecular weight is 320 g/mol. The van der Waals surface area contributed by atoms with Crippen molar-refractivity contribution < 1.29 is 14.1 Å². The van der Waals surface area contributed by atoms with Gasteiger partial charge in [-0.05, 0) is 13.8 Å². The zero-order chi connectivity index (χ0) is 16.6. The van der Waals surface area contributed by atoms with Crippen molar-refractivity contribution in [3.8, 4) is 0 Å². The van der Waals surface area contributed by atoms with Crippen molar-refractivity contribution in [3.05, 3.63) is 28.1 Å². The fourth-order valence-corrected chi connectivity index (χ4v) is 2.41. The number of nitrogens with zero attached hydrogens (tertiary/aromatic N) is 5. The average Bonchev–Trinajstić information content (AvgIpc) is 3.05. The third-order valence-corrected chi connectivity index (χ3v) is 3.57. The summed E-state index contributed by atoms with van der Waals surface area (Å²) in [6.45, 7) is 4.63. The van der Waals surface area contributed by atoms with Crippen LogP contribution >= 0.6 is 0 Å². The Balaban J connectivity index is 1.78. The Morgan fingerprint density at radius 1 is 1.39 bits per heavy atom.